The third-order valence-corrected chi connectivity index (χ3v) is 6.30. The predicted octanol–water partition coefficient (Wildman–Crippen LogP) is 2.79. The van der Waals surface area contributed by atoms with Gasteiger partial charge in [0.25, 0.3) is 5.91 Å². The Hall–Kier alpha value is -5.05. The zero-order valence-corrected chi connectivity index (χ0v) is 21.2. The number of aromatic nitrogens is 6. The van der Waals surface area contributed by atoms with E-state index >= 15 is 0 Å². The number of hydrogen-bond acceptors (Lipinski definition) is 10. The number of nitrogens with zero attached hydrogens (tertiary/aromatic N) is 8. The molecule has 0 fully saturated rings. The summed E-state index contributed by atoms with van der Waals surface area (Å²) in [7, 11) is 0. The van der Waals surface area contributed by atoms with E-state index in [0.29, 0.717) is 42.0 Å². The summed E-state index contributed by atoms with van der Waals surface area (Å²) in [4.78, 5) is 23.0. The summed E-state index contributed by atoms with van der Waals surface area (Å²) in [6.45, 7) is 7.22. The molecule has 0 saturated heterocycles. The number of nitrogens with one attached hydrogen (secondary N) is 1. The fraction of sp³-hybridized carbons (Fsp3) is 0.269. The molecule has 4 aromatic heterocycles. The van der Waals surface area contributed by atoms with Gasteiger partial charge < -0.3 is 20.7 Å². The molecule has 0 aliphatic carbocycles. The molecule has 12 heteroatoms. The van der Waals surface area contributed by atoms with E-state index in [1.54, 1.807) is 28.9 Å². The van der Waals surface area contributed by atoms with Gasteiger partial charge in [-0.3, -0.25) is 4.79 Å². The molecule has 4 aromatic rings. The Morgan fingerprint density at radius 2 is 2.08 bits per heavy atom. The van der Waals surface area contributed by atoms with Gasteiger partial charge in [-0.25, -0.2) is 9.97 Å². The molecule has 0 spiro atoms. The van der Waals surface area contributed by atoms with E-state index in [9.17, 15) is 4.79 Å². The van der Waals surface area contributed by atoms with Crippen molar-refractivity contribution in [2.75, 3.05) is 23.4 Å². The van der Waals surface area contributed by atoms with Crippen molar-refractivity contribution in [1.29, 1.82) is 5.26 Å². The minimum atomic E-state index is -0.617. The molecule has 5 heterocycles. The van der Waals surface area contributed by atoms with Gasteiger partial charge in [0.2, 0.25) is 5.88 Å². The lowest BCUT2D eigenvalue weighted by molar-refractivity contribution is 0.1000. The number of primary amides is 1. The van der Waals surface area contributed by atoms with Crippen molar-refractivity contribution in [2.45, 2.75) is 26.8 Å². The molecule has 1 aliphatic rings. The van der Waals surface area contributed by atoms with Crippen molar-refractivity contribution >= 4 is 23.2 Å². The van der Waals surface area contributed by atoms with E-state index in [0.717, 1.165) is 5.56 Å². The van der Waals surface area contributed by atoms with Crippen LogP contribution < -0.4 is 20.7 Å². The van der Waals surface area contributed by atoms with Gasteiger partial charge in [0.1, 0.15) is 11.9 Å². The van der Waals surface area contributed by atoms with Gasteiger partial charge in [-0.2, -0.15) is 14.9 Å². The van der Waals surface area contributed by atoms with Crippen LogP contribution in [0.25, 0.3) is 16.9 Å². The summed E-state index contributed by atoms with van der Waals surface area (Å²) in [6, 6.07) is 10.7. The van der Waals surface area contributed by atoms with E-state index in [4.69, 9.17) is 20.8 Å². The Morgan fingerprint density at radius 3 is 2.71 bits per heavy atom. The summed E-state index contributed by atoms with van der Waals surface area (Å²) >= 11 is 0. The van der Waals surface area contributed by atoms with Crippen LogP contribution in [0.2, 0.25) is 0 Å². The van der Waals surface area contributed by atoms with Gasteiger partial charge in [-0.15, -0.1) is 10.2 Å². The molecule has 0 aromatic carbocycles. The second-order valence-corrected chi connectivity index (χ2v) is 9.47. The summed E-state index contributed by atoms with van der Waals surface area (Å²) in [6.07, 6.45) is 7.03. The molecule has 0 unspecified atom stereocenters. The van der Waals surface area contributed by atoms with Crippen molar-refractivity contribution in [3.63, 3.8) is 0 Å². The third kappa shape index (κ3) is 4.69. The van der Waals surface area contributed by atoms with E-state index in [2.05, 4.69) is 39.3 Å². The largest absolute Gasteiger partial charge is 0.478 e. The number of pyridine rings is 1. The SMILES string of the molecule is CCOc1ccc(-c2cc3ncc(C(N)=O)c(N[C@@H]4C=CN(c5ccc(C#N)nn5)CC4(C)C)n3n2)cn1. The van der Waals surface area contributed by atoms with Gasteiger partial charge in [0.05, 0.1) is 23.9 Å². The number of ether oxygens (including phenoxy) is 1. The molecule has 12 nitrogen and oxygen atoms in total. The second kappa shape index (κ2) is 9.78. The highest BCUT2D eigenvalue weighted by Crippen LogP contribution is 2.33. The molecule has 0 saturated carbocycles. The Bertz CT molecular complexity index is 1550. The van der Waals surface area contributed by atoms with Crippen LogP contribution in [0, 0.1) is 16.7 Å². The first-order valence-corrected chi connectivity index (χ1v) is 12.0. The van der Waals surface area contributed by atoms with E-state index in [1.165, 1.54) is 6.20 Å². The Labute approximate surface area is 218 Å². The van der Waals surface area contributed by atoms with Crippen molar-refractivity contribution in [3.05, 3.63) is 66.3 Å². The number of carbonyl (C=O) groups excluding carboxylic acids is 1. The smallest absolute Gasteiger partial charge is 0.254 e. The third-order valence-electron chi connectivity index (χ3n) is 6.30. The number of rotatable bonds is 7. The molecule has 1 aliphatic heterocycles. The van der Waals surface area contributed by atoms with Crippen LogP contribution in [0.3, 0.4) is 0 Å². The van der Waals surface area contributed by atoms with Gasteiger partial charge in [-0.1, -0.05) is 13.8 Å². The maximum Gasteiger partial charge on any atom is 0.254 e. The lowest BCUT2D eigenvalue weighted by atomic mass is 9.81. The standard InChI is InChI=1S/C26H26N10O2/c1-4-38-23-8-5-16(13-30-23)19-11-22-29-14-18(24(28)37)25(36(22)34-19)31-20-9-10-35(15-26(20,2)3)21-7-6-17(12-27)32-33-21/h5-11,13-14,20,31H,4,15H2,1-3H3,(H2,28,37)/t20-/m1/s1. The van der Waals surface area contributed by atoms with Gasteiger partial charge in [-0.05, 0) is 31.2 Å². The summed E-state index contributed by atoms with van der Waals surface area (Å²) in [5.41, 5.74) is 7.85. The number of amides is 1. The van der Waals surface area contributed by atoms with Crippen LogP contribution in [-0.4, -0.2) is 54.9 Å². The van der Waals surface area contributed by atoms with Crippen LogP contribution in [0.5, 0.6) is 5.88 Å². The lowest BCUT2D eigenvalue weighted by Crippen LogP contribution is -2.47. The lowest BCUT2D eigenvalue weighted by Gasteiger charge is -2.41. The Kier molecular flexibility index (Phi) is 6.34. The summed E-state index contributed by atoms with van der Waals surface area (Å²) in [5, 5.41) is 25.3. The monoisotopic (exact) mass is 510 g/mol. The highest BCUT2D eigenvalue weighted by atomic mass is 16.5. The highest BCUT2D eigenvalue weighted by Gasteiger charge is 2.35. The van der Waals surface area contributed by atoms with Gasteiger partial charge >= 0.3 is 0 Å². The molecule has 3 N–H and O–H groups in total. The van der Waals surface area contributed by atoms with Crippen LogP contribution >= 0.6 is 0 Å². The molecule has 1 amide bonds. The van der Waals surface area contributed by atoms with E-state index < -0.39 is 5.91 Å². The minimum Gasteiger partial charge on any atom is -0.478 e. The van der Waals surface area contributed by atoms with Crippen molar-refractivity contribution in [3.8, 4) is 23.2 Å². The van der Waals surface area contributed by atoms with E-state index in [-0.39, 0.29) is 22.7 Å². The number of nitrogens with two attached hydrogens (primary N) is 1. The molecular weight excluding hydrogens is 484 g/mol. The first-order valence-electron chi connectivity index (χ1n) is 12.0. The second-order valence-electron chi connectivity index (χ2n) is 9.47. The molecule has 5 rings (SSSR count). The first kappa shape index (κ1) is 24.6. The predicted molar refractivity (Wildman–Crippen MR) is 140 cm³/mol. The molecular formula is C26H26N10O2. The van der Waals surface area contributed by atoms with Crippen LogP contribution in [-0.2, 0) is 0 Å². The van der Waals surface area contributed by atoms with Crippen molar-refractivity contribution in [2.24, 2.45) is 11.1 Å². The quantitative estimate of drug-likeness (QED) is 0.378. The van der Waals surface area contributed by atoms with Crippen LogP contribution in [0.4, 0.5) is 11.6 Å². The molecule has 38 heavy (non-hydrogen) atoms. The number of anilines is 2. The molecule has 192 valence electrons. The van der Waals surface area contributed by atoms with Crippen LogP contribution in [0.15, 0.2) is 55.0 Å². The average Bonchev–Trinajstić information content (AvgIpc) is 3.35. The van der Waals surface area contributed by atoms with Gasteiger partial charge in [0.15, 0.2) is 17.2 Å². The summed E-state index contributed by atoms with van der Waals surface area (Å²) < 4.78 is 7.02. The highest BCUT2D eigenvalue weighted by molar-refractivity contribution is 5.98. The fourth-order valence-electron chi connectivity index (χ4n) is 4.29. The average molecular weight is 511 g/mol. The zero-order valence-electron chi connectivity index (χ0n) is 21.2. The maximum absolute atomic E-state index is 12.3. The zero-order chi connectivity index (χ0) is 26.9. The molecule has 0 bridgehead atoms. The Balaban J connectivity index is 1.48. The van der Waals surface area contributed by atoms with Crippen LogP contribution in [0.1, 0.15) is 36.8 Å². The van der Waals surface area contributed by atoms with Gasteiger partial charge in [0, 0.05) is 48.2 Å². The Morgan fingerprint density at radius 1 is 1.24 bits per heavy atom. The maximum atomic E-state index is 12.3. The number of carbonyl (C=O) groups is 1. The molecule has 0 radical (unpaired) electrons. The number of hydrogen-bond donors (Lipinski definition) is 2. The van der Waals surface area contributed by atoms with Crippen molar-refractivity contribution < 1.29 is 9.53 Å². The minimum absolute atomic E-state index is 0.186. The first-order chi connectivity index (χ1) is 18.3. The number of nitriles is 1. The normalized spacial score (nSPS) is 16.3. The molecule has 1 atom stereocenters. The topological polar surface area (TPSA) is 160 Å². The fourth-order valence-corrected chi connectivity index (χ4v) is 4.29. The van der Waals surface area contributed by atoms with E-state index in [1.807, 2.05) is 42.3 Å². The van der Waals surface area contributed by atoms with Crippen molar-refractivity contribution in [1.82, 2.24) is 29.8 Å². The number of fused-ring (bicyclic) bond motifs is 1. The summed E-state index contributed by atoms with van der Waals surface area (Å²) in [5.74, 6) is 0.996.